The van der Waals surface area contributed by atoms with Crippen LogP contribution in [0.25, 0.3) is 0 Å². The van der Waals surface area contributed by atoms with Crippen molar-refractivity contribution in [2.45, 2.75) is 25.8 Å². The second kappa shape index (κ2) is 7.74. The Hall–Kier alpha value is -2.40. The SMILES string of the molecule is C[C@@H](CCc1ccccc1)NC(=O)c1ccc(Cl)cc1[N+](=O)[O-]. The first-order chi connectivity index (χ1) is 11.0. The number of carbonyl (C=O) groups is 1. The Morgan fingerprint density at radius 2 is 1.96 bits per heavy atom. The maximum Gasteiger partial charge on any atom is 0.283 e. The van der Waals surface area contributed by atoms with Gasteiger partial charge in [0.2, 0.25) is 0 Å². The van der Waals surface area contributed by atoms with Crippen LogP contribution in [0.3, 0.4) is 0 Å². The molecule has 0 spiro atoms. The number of nitro groups is 1. The molecule has 0 saturated heterocycles. The van der Waals surface area contributed by atoms with Crippen LogP contribution in [-0.2, 0) is 6.42 Å². The molecule has 5 nitrogen and oxygen atoms in total. The molecule has 0 aliphatic rings. The molecule has 0 fully saturated rings. The minimum absolute atomic E-state index is 0.0194. The van der Waals surface area contributed by atoms with Crippen LogP contribution in [0.4, 0.5) is 5.69 Å². The standard InChI is InChI=1S/C17H17ClN2O3/c1-12(7-8-13-5-3-2-4-6-13)19-17(21)15-10-9-14(18)11-16(15)20(22)23/h2-6,9-12H,7-8H2,1H3,(H,19,21)/t12-/m0/s1. The van der Waals surface area contributed by atoms with Gasteiger partial charge in [0.05, 0.1) is 4.92 Å². The van der Waals surface area contributed by atoms with Crippen molar-refractivity contribution in [3.05, 3.63) is 74.8 Å². The van der Waals surface area contributed by atoms with Gasteiger partial charge in [0, 0.05) is 17.1 Å². The van der Waals surface area contributed by atoms with Crippen molar-refractivity contribution < 1.29 is 9.72 Å². The molecule has 0 aliphatic carbocycles. The van der Waals surface area contributed by atoms with Crippen molar-refractivity contribution in [1.82, 2.24) is 5.32 Å². The number of halogens is 1. The number of rotatable bonds is 6. The molecule has 0 aliphatic heterocycles. The molecule has 23 heavy (non-hydrogen) atoms. The van der Waals surface area contributed by atoms with Crippen LogP contribution < -0.4 is 5.32 Å². The number of hydrogen-bond donors (Lipinski definition) is 1. The molecule has 120 valence electrons. The number of benzene rings is 2. The van der Waals surface area contributed by atoms with Gasteiger partial charge in [0.15, 0.2) is 0 Å². The highest BCUT2D eigenvalue weighted by molar-refractivity contribution is 6.31. The van der Waals surface area contributed by atoms with Crippen molar-refractivity contribution in [2.24, 2.45) is 0 Å². The van der Waals surface area contributed by atoms with E-state index in [9.17, 15) is 14.9 Å². The molecule has 6 heteroatoms. The highest BCUT2D eigenvalue weighted by Crippen LogP contribution is 2.23. The van der Waals surface area contributed by atoms with Gasteiger partial charge in [0.1, 0.15) is 5.56 Å². The van der Waals surface area contributed by atoms with Gasteiger partial charge in [-0.25, -0.2) is 0 Å². The second-order valence-electron chi connectivity index (χ2n) is 5.32. The minimum Gasteiger partial charge on any atom is -0.349 e. The highest BCUT2D eigenvalue weighted by atomic mass is 35.5. The van der Waals surface area contributed by atoms with Crippen LogP contribution in [0.2, 0.25) is 5.02 Å². The van der Waals surface area contributed by atoms with Gasteiger partial charge >= 0.3 is 0 Å². The van der Waals surface area contributed by atoms with Crippen LogP contribution in [-0.4, -0.2) is 16.9 Å². The van der Waals surface area contributed by atoms with Crippen molar-refractivity contribution in [1.29, 1.82) is 0 Å². The molecular weight excluding hydrogens is 316 g/mol. The third-order valence-corrected chi connectivity index (χ3v) is 3.72. The number of nitrogens with zero attached hydrogens (tertiary/aromatic N) is 1. The summed E-state index contributed by atoms with van der Waals surface area (Å²) in [7, 11) is 0. The minimum atomic E-state index is -0.602. The molecule has 1 N–H and O–H groups in total. The average molecular weight is 333 g/mol. The second-order valence-corrected chi connectivity index (χ2v) is 5.75. The van der Waals surface area contributed by atoms with E-state index >= 15 is 0 Å². The first kappa shape index (κ1) is 17.0. The Bertz CT molecular complexity index is 704. The van der Waals surface area contributed by atoms with E-state index in [-0.39, 0.29) is 22.3 Å². The largest absolute Gasteiger partial charge is 0.349 e. The van der Waals surface area contributed by atoms with E-state index in [0.717, 1.165) is 12.8 Å². The fourth-order valence-electron chi connectivity index (χ4n) is 2.25. The third kappa shape index (κ3) is 4.79. The Morgan fingerprint density at radius 3 is 2.61 bits per heavy atom. The summed E-state index contributed by atoms with van der Waals surface area (Å²) in [5.41, 5.74) is 0.919. The topological polar surface area (TPSA) is 72.2 Å². The summed E-state index contributed by atoms with van der Waals surface area (Å²) in [6.07, 6.45) is 1.57. The summed E-state index contributed by atoms with van der Waals surface area (Å²) >= 11 is 5.75. The molecule has 1 amide bonds. The third-order valence-electron chi connectivity index (χ3n) is 3.49. The smallest absolute Gasteiger partial charge is 0.283 e. The number of amides is 1. The molecule has 0 saturated carbocycles. The molecule has 1 atom stereocenters. The van der Waals surface area contributed by atoms with Gasteiger partial charge in [-0.3, -0.25) is 14.9 Å². The number of hydrogen-bond acceptors (Lipinski definition) is 3. The summed E-state index contributed by atoms with van der Waals surface area (Å²) in [6.45, 7) is 1.88. The molecule has 2 aromatic rings. The van der Waals surface area contributed by atoms with E-state index in [1.807, 2.05) is 37.3 Å². The van der Waals surface area contributed by atoms with Crippen LogP contribution in [0.5, 0.6) is 0 Å². The van der Waals surface area contributed by atoms with E-state index in [0.29, 0.717) is 0 Å². The number of nitrogens with one attached hydrogen (secondary N) is 1. The van der Waals surface area contributed by atoms with E-state index < -0.39 is 10.8 Å². The molecule has 0 bridgehead atoms. The normalized spacial score (nSPS) is 11.7. The molecule has 0 heterocycles. The first-order valence-corrected chi connectivity index (χ1v) is 7.64. The fraction of sp³-hybridized carbons (Fsp3) is 0.235. The van der Waals surface area contributed by atoms with E-state index in [2.05, 4.69) is 5.32 Å². The predicted octanol–water partition coefficient (Wildman–Crippen LogP) is 4.00. The van der Waals surface area contributed by atoms with Crippen molar-refractivity contribution >= 4 is 23.2 Å². The summed E-state index contributed by atoms with van der Waals surface area (Å²) in [5, 5.41) is 14.1. The maximum absolute atomic E-state index is 12.2. The van der Waals surface area contributed by atoms with Crippen molar-refractivity contribution in [2.75, 3.05) is 0 Å². The summed E-state index contributed by atoms with van der Waals surface area (Å²) in [4.78, 5) is 22.7. The maximum atomic E-state index is 12.2. The Labute approximate surface area is 139 Å². The lowest BCUT2D eigenvalue weighted by molar-refractivity contribution is -0.385. The first-order valence-electron chi connectivity index (χ1n) is 7.26. The zero-order chi connectivity index (χ0) is 16.8. The number of nitro benzene ring substituents is 1. The Balaban J connectivity index is 2.00. The quantitative estimate of drug-likeness (QED) is 0.642. The van der Waals surface area contributed by atoms with E-state index in [1.54, 1.807) is 0 Å². The van der Waals surface area contributed by atoms with Crippen molar-refractivity contribution in [3.8, 4) is 0 Å². The van der Waals surface area contributed by atoms with Gasteiger partial charge < -0.3 is 5.32 Å². The Morgan fingerprint density at radius 1 is 1.26 bits per heavy atom. The van der Waals surface area contributed by atoms with Crippen LogP contribution in [0.15, 0.2) is 48.5 Å². The molecule has 0 aromatic heterocycles. The monoisotopic (exact) mass is 332 g/mol. The van der Waals surface area contributed by atoms with E-state index in [4.69, 9.17) is 11.6 Å². The molecule has 2 rings (SSSR count). The van der Waals surface area contributed by atoms with Gasteiger partial charge in [-0.05, 0) is 37.5 Å². The Kier molecular flexibility index (Phi) is 5.71. The van der Waals surface area contributed by atoms with Gasteiger partial charge in [0.25, 0.3) is 11.6 Å². The molecular formula is C17H17ClN2O3. The van der Waals surface area contributed by atoms with Gasteiger partial charge in [-0.1, -0.05) is 41.9 Å². The average Bonchev–Trinajstić information content (AvgIpc) is 2.53. The zero-order valence-electron chi connectivity index (χ0n) is 12.7. The molecule has 2 aromatic carbocycles. The molecule has 0 unspecified atom stereocenters. The van der Waals surface area contributed by atoms with Gasteiger partial charge in [-0.15, -0.1) is 0 Å². The van der Waals surface area contributed by atoms with Crippen LogP contribution in [0, 0.1) is 10.1 Å². The highest BCUT2D eigenvalue weighted by Gasteiger charge is 2.21. The van der Waals surface area contributed by atoms with Gasteiger partial charge in [-0.2, -0.15) is 0 Å². The lowest BCUT2D eigenvalue weighted by Crippen LogP contribution is -2.33. The number of carbonyl (C=O) groups excluding carboxylic acids is 1. The summed E-state index contributed by atoms with van der Waals surface area (Å²) < 4.78 is 0. The van der Waals surface area contributed by atoms with E-state index in [1.165, 1.54) is 23.8 Å². The fourth-order valence-corrected chi connectivity index (χ4v) is 2.42. The predicted molar refractivity (Wildman–Crippen MR) is 89.8 cm³/mol. The number of aryl methyl sites for hydroxylation is 1. The van der Waals surface area contributed by atoms with Crippen LogP contribution >= 0.6 is 11.6 Å². The van der Waals surface area contributed by atoms with Crippen molar-refractivity contribution in [3.63, 3.8) is 0 Å². The molecule has 0 radical (unpaired) electrons. The lowest BCUT2D eigenvalue weighted by atomic mass is 10.1. The van der Waals surface area contributed by atoms with Crippen LogP contribution in [0.1, 0.15) is 29.3 Å². The lowest BCUT2D eigenvalue weighted by Gasteiger charge is -2.14. The summed E-state index contributed by atoms with van der Waals surface area (Å²) in [6, 6.07) is 13.9. The summed E-state index contributed by atoms with van der Waals surface area (Å²) in [5.74, 6) is -0.464. The zero-order valence-corrected chi connectivity index (χ0v) is 13.4.